The number of nitrogens with zero attached hydrogens (tertiary/aromatic N) is 1. The summed E-state index contributed by atoms with van der Waals surface area (Å²) in [5.74, 6) is -0.835. The Morgan fingerprint density at radius 2 is 2.26 bits per heavy atom. The molecule has 0 aliphatic heterocycles. The molecule has 1 aliphatic rings. The van der Waals surface area contributed by atoms with Crippen molar-refractivity contribution in [1.29, 1.82) is 0 Å². The highest BCUT2D eigenvalue weighted by molar-refractivity contribution is 5.84. The molecule has 0 spiro atoms. The van der Waals surface area contributed by atoms with Gasteiger partial charge in [-0.25, -0.2) is 9.59 Å². The fourth-order valence-electron chi connectivity index (χ4n) is 1.78. The van der Waals surface area contributed by atoms with Crippen molar-refractivity contribution in [2.75, 3.05) is 6.54 Å². The van der Waals surface area contributed by atoms with Crippen LogP contribution < -0.4 is 5.32 Å². The van der Waals surface area contributed by atoms with Crippen LogP contribution in [0.5, 0.6) is 0 Å². The average molecular weight is 264 g/mol. The molecule has 2 rings (SSSR count). The first kappa shape index (κ1) is 13.2. The number of carboxylic acid groups (broad SMARTS) is 1. The number of hydrogen-bond acceptors (Lipinski definition) is 3. The lowest BCUT2D eigenvalue weighted by molar-refractivity contribution is 0.0660. The normalized spacial score (nSPS) is 13.9. The third-order valence-electron chi connectivity index (χ3n) is 2.86. The zero-order valence-electron chi connectivity index (χ0n) is 10.5. The first-order valence-corrected chi connectivity index (χ1v) is 6.09. The average Bonchev–Trinajstić information content (AvgIpc) is 3.10. The Labute approximate surface area is 110 Å². The molecule has 6 heteroatoms. The van der Waals surface area contributed by atoms with Gasteiger partial charge in [0.25, 0.3) is 0 Å². The van der Waals surface area contributed by atoms with Crippen LogP contribution in [0.3, 0.4) is 0 Å². The van der Waals surface area contributed by atoms with Gasteiger partial charge in [0.05, 0.1) is 6.54 Å². The van der Waals surface area contributed by atoms with Crippen molar-refractivity contribution in [1.82, 2.24) is 10.2 Å². The summed E-state index contributed by atoms with van der Waals surface area (Å²) in [5.41, 5.74) is 0. The van der Waals surface area contributed by atoms with Gasteiger partial charge in [-0.2, -0.15) is 0 Å². The van der Waals surface area contributed by atoms with E-state index in [0.717, 1.165) is 12.8 Å². The number of carboxylic acids is 1. The van der Waals surface area contributed by atoms with Crippen LogP contribution in [0, 0.1) is 0 Å². The number of hydrogen-bond donors (Lipinski definition) is 2. The molecule has 0 unspecified atom stereocenters. The van der Waals surface area contributed by atoms with E-state index in [1.807, 2.05) is 0 Å². The van der Waals surface area contributed by atoms with Crippen molar-refractivity contribution in [3.05, 3.63) is 36.3 Å². The second-order valence-electron chi connectivity index (χ2n) is 4.40. The SMILES string of the molecule is C=CCN(C(=O)NCc1ccc(C(=O)O)o1)C1CC1. The third-order valence-corrected chi connectivity index (χ3v) is 2.86. The number of carbonyl (C=O) groups excluding carboxylic acids is 1. The van der Waals surface area contributed by atoms with Gasteiger partial charge in [0.15, 0.2) is 0 Å². The molecule has 1 aliphatic carbocycles. The molecular weight excluding hydrogens is 248 g/mol. The fourth-order valence-corrected chi connectivity index (χ4v) is 1.78. The van der Waals surface area contributed by atoms with Crippen LogP contribution in [0.4, 0.5) is 4.79 Å². The number of aromatic carboxylic acids is 1. The zero-order chi connectivity index (χ0) is 13.8. The monoisotopic (exact) mass is 264 g/mol. The van der Waals surface area contributed by atoms with Gasteiger partial charge < -0.3 is 19.7 Å². The van der Waals surface area contributed by atoms with E-state index >= 15 is 0 Å². The highest BCUT2D eigenvalue weighted by atomic mass is 16.4. The van der Waals surface area contributed by atoms with Crippen molar-refractivity contribution in [3.63, 3.8) is 0 Å². The molecule has 19 heavy (non-hydrogen) atoms. The molecule has 0 bridgehead atoms. The lowest BCUT2D eigenvalue weighted by atomic mass is 10.4. The van der Waals surface area contributed by atoms with Gasteiger partial charge in [-0.1, -0.05) is 6.08 Å². The summed E-state index contributed by atoms with van der Waals surface area (Å²) in [5, 5.41) is 11.4. The minimum atomic E-state index is -1.12. The summed E-state index contributed by atoms with van der Waals surface area (Å²) in [4.78, 5) is 24.3. The summed E-state index contributed by atoms with van der Waals surface area (Å²) in [6, 6.07) is 3.02. The predicted molar refractivity (Wildman–Crippen MR) is 67.8 cm³/mol. The number of amides is 2. The van der Waals surface area contributed by atoms with E-state index in [9.17, 15) is 9.59 Å². The van der Waals surface area contributed by atoms with Gasteiger partial charge in [0.2, 0.25) is 5.76 Å². The Kier molecular flexibility index (Phi) is 3.89. The Balaban J connectivity index is 1.87. The van der Waals surface area contributed by atoms with Crippen LogP contribution >= 0.6 is 0 Å². The maximum atomic E-state index is 11.9. The number of urea groups is 1. The number of rotatable bonds is 6. The summed E-state index contributed by atoms with van der Waals surface area (Å²) < 4.78 is 5.06. The van der Waals surface area contributed by atoms with Gasteiger partial charge in [0.1, 0.15) is 5.76 Å². The maximum absolute atomic E-state index is 11.9. The second-order valence-corrected chi connectivity index (χ2v) is 4.40. The second kappa shape index (κ2) is 5.60. The van der Waals surface area contributed by atoms with Crippen LogP contribution in [0.2, 0.25) is 0 Å². The maximum Gasteiger partial charge on any atom is 0.371 e. The molecule has 0 radical (unpaired) electrons. The zero-order valence-corrected chi connectivity index (χ0v) is 10.5. The van der Waals surface area contributed by atoms with E-state index in [4.69, 9.17) is 9.52 Å². The van der Waals surface area contributed by atoms with E-state index in [0.29, 0.717) is 18.3 Å². The summed E-state index contributed by atoms with van der Waals surface area (Å²) in [7, 11) is 0. The van der Waals surface area contributed by atoms with Crippen molar-refractivity contribution >= 4 is 12.0 Å². The van der Waals surface area contributed by atoms with Crippen LogP contribution in [-0.4, -0.2) is 34.6 Å². The van der Waals surface area contributed by atoms with Crippen molar-refractivity contribution in [3.8, 4) is 0 Å². The molecular formula is C13H16N2O4. The van der Waals surface area contributed by atoms with E-state index in [2.05, 4.69) is 11.9 Å². The Bertz CT molecular complexity index is 491. The molecule has 1 aromatic rings. The Morgan fingerprint density at radius 3 is 2.79 bits per heavy atom. The first-order valence-electron chi connectivity index (χ1n) is 6.09. The molecule has 102 valence electrons. The number of furan rings is 1. The standard InChI is InChI=1S/C13H16N2O4/c1-2-7-15(9-3-4-9)13(18)14-8-10-5-6-11(19-10)12(16)17/h2,5-6,9H,1,3-4,7-8H2,(H,14,18)(H,16,17). The van der Waals surface area contributed by atoms with Gasteiger partial charge in [-0.3, -0.25) is 0 Å². The smallest absolute Gasteiger partial charge is 0.371 e. The van der Waals surface area contributed by atoms with Crippen molar-refractivity contribution < 1.29 is 19.1 Å². The molecule has 6 nitrogen and oxygen atoms in total. The molecule has 0 saturated heterocycles. The molecule has 0 atom stereocenters. The topological polar surface area (TPSA) is 82.8 Å². The van der Waals surface area contributed by atoms with Crippen LogP contribution in [0.1, 0.15) is 29.2 Å². The predicted octanol–water partition coefficient (Wildman–Crippen LogP) is 1.84. The van der Waals surface area contributed by atoms with Gasteiger partial charge in [0, 0.05) is 12.6 Å². The van der Waals surface area contributed by atoms with Gasteiger partial charge >= 0.3 is 12.0 Å². The third kappa shape index (κ3) is 3.37. The quantitative estimate of drug-likeness (QED) is 0.768. The van der Waals surface area contributed by atoms with E-state index < -0.39 is 5.97 Å². The number of nitrogens with one attached hydrogen (secondary N) is 1. The van der Waals surface area contributed by atoms with Crippen molar-refractivity contribution in [2.45, 2.75) is 25.4 Å². The fraction of sp³-hybridized carbons (Fsp3) is 0.385. The number of carbonyl (C=O) groups is 2. The van der Waals surface area contributed by atoms with Crippen LogP contribution in [-0.2, 0) is 6.54 Å². The highest BCUT2D eigenvalue weighted by Gasteiger charge is 2.31. The molecule has 1 aromatic heterocycles. The highest BCUT2D eigenvalue weighted by Crippen LogP contribution is 2.26. The largest absolute Gasteiger partial charge is 0.475 e. The Hall–Kier alpha value is -2.24. The van der Waals surface area contributed by atoms with Gasteiger partial charge in [-0.15, -0.1) is 6.58 Å². The summed E-state index contributed by atoms with van der Waals surface area (Å²) >= 11 is 0. The van der Waals surface area contributed by atoms with E-state index in [-0.39, 0.29) is 18.3 Å². The minimum absolute atomic E-state index is 0.130. The lowest BCUT2D eigenvalue weighted by Crippen LogP contribution is -2.41. The molecule has 2 amide bonds. The van der Waals surface area contributed by atoms with Crippen LogP contribution in [0.15, 0.2) is 29.2 Å². The molecule has 1 fully saturated rings. The molecule has 1 heterocycles. The van der Waals surface area contributed by atoms with E-state index in [1.54, 1.807) is 17.0 Å². The molecule has 2 N–H and O–H groups in total. The summed E-state index contributed by atoms with van der Waals surface area (Å²) in [6.07, 6.45) is 3.73. The van der Waals surface area contributed by atoms with E-state index in [1.165, 1.54) is 6.07 Å². The first-order chi connectivity index (χ1) is 9.11. The van der Waals surface area contributed by atoms with Crippen LogP contribution in [0.25, 0.3) is 0 Å². The molecule has 0 aromatic carbocycles. The molecule has 1 saturated carbocycles. The van der Waals surface area contributed by atoms with Crippen molar-refractivity contribution in [2.24, 2.45) is 0 Å². The minimum Gasteiger partial charge on any atom is -0.475 e. The van der Waals surface area contributed by atoms with Gasteiger partial charge in [-0.05, 0) is 25.0 Å². The lowest BCUT2D eigenvalue weighted by Gasteiger charge is -2.20. The summed E-state index contributed by atoms with van der Waals surface area (Å²) in [6.45, 7) is 4.31. The Morgan fingerprint density at radius 1 is 1.53 bits per heavy atom.